The van der Waals surface area contributed by atoms with Crippen molar-refractivity contribution >= 4 is 23.4 Å². The molecule has 17 heavy (non-hydrogen) atoms. The van der Waals surface area contributed by atoms with Crippen molar-refractivity contribution in [3.63, 3.8) is 0 Å². The highest BCUT2D eigenvalue weighted by molar-refractivity contribution is 6.32. The van der Waals surface area contributed by atoms with Gasteiger partial charge in [0.15, 0.2) is 5.82 Å². The van der Waals surface area contributed by atoms with Crippen LogP contribution in [0.15, 0.2) is 6.20 Å². The fraction of sp³-hybridized carbons (Fsp3) is 0.636. The Morgan fingerprint density at radius 3 is 2.71 bits per heavy atom. The lowest BCUT2D eigenvalue weighted by Gasteiger charge is -2.27. The first kappa shape index (κ1) is 14.0. The number of rotatable bonds is 5. The predicted octanol–water partition coefficient (Wildman–Crippen LogP) is 1.77. The Kier molecular flexibility index (Phi) is 4.54. The summed E-state index contributed by atoms with van der Waals surface area (Å²) in [5.74, 6) is 1.15. The van der Waals surface area contributed by atoms with E-state index in [4.69, 9.17) is 11.6 Å². The number of nitrogens with one attached hydrogen (secondary N) is 1. The van der Waals surface area contributed by atoms with Gasteiger partial charge >= 0.3 is 0 Å². The van der Waals surface area contributed by atoms with Crippen molar-refractivity contribution in [3.8, 4) is 0 Å². The van der Waals surface area contributed by atoms with Crippen LogP contribution < -0.4 is 10.2 Å². The minimum Gasteiger partial charge on any atom is -0.389 e. The topological polar surface area (TPSA) is 61.3 Å². The summed E-state index contributed by atoms with van der Waals surface area (Å²) >= 11 is 6.04. The molecule has 0 aliphatic carbocycles. The third-order valence-corrected chi connectivity index (χ3v) is 2.31. The molecule has 0 saturated heterocycles. The lowest BCUT2D eigenvalue weighted by molar-refractivity contribution is 0.0884. The Morgan fingerprint density at radius 2 is 2.18 bits per heavy atom. The number of anilines is 2. The maximum Gasteiger partial charge on any atom is 0.224 e. The molecule has 0 atom stereocenters. The molecular formula is C11H19ClN4O. The van der Waals surface area contributed by atoms with Crippen molar-refractivity contribution in [3.05, 3.63) is 11.2 Å². The van der Waals surface area contributed by atoms with Gasteiger partial charge in [0, 0.05) is 20.1 Å². The number of aromatic nitrogens is 2. The Morgan fingerprint density at radius 1 is 1.53 bits per heavy atom. The summed E-state index contributed by atoms with van der Waals surface area (Å²) < 4.78 is 0. The average Bonchev–Trinajstić information content (AvgIpc) is 2.18. The molecule has 0 aliphatic rings. The summed E-state index contributed by atoms with van der Waals surface area (Å²) in [7, 11) is 1.84. The van der Waals surface area contributed by atoms with Gasteiger partial charge in [-0.25, -0.2) is 4.98 Å². The molecule has 1 aromatic heterocycles. The van der Waals surface area contributed by atoms with Crippen LogP contribution in [0.4, 0.5) is 11.8 Å². The molecule has 0 fully saturated rings. The number of likely N-dealkylation sites (N-methyl/N-ethyl adjacent to an activating group) is 1. The summed E-state index contributed by atoms with van der Waals surface area (Å²) in [6, 6.07) is 0. The largest absolute Gasteiger partial charge is 0.389 e. The van der Waals surface area contributed by atoms with E-state index >= 15 is 0 Å². The van der Waals surface area contributed by atoms with Crippen LogP contribution in [0.2, 0.25) is 5.02 Å². The Labute approximate surface area is 107 Å². The van der Waals surface area contributed by atoms with E-state index in [0.29, 0.717) is 23.3 Å². The second-order valence-corrected chi connectivity index (χ2v) is 4.97. The highest BCUT2D eigenvalue weighted by atomic mass is 35.5. The summed E-state index contributed by atoms with van der Waals surface area (Å²) in [4.78, 5) is 10.2. The molecule has 6 heteroatoms. The second-order valence-electron chi connectivity index (χ2n) is 4.56. The maximum atomic E-state index is 9.77. The van der Waals surface area contributed by atoms with Crippen molar-refractivity contribution in [1.29, 1.82) is 0 Å². The molecule has 0 bridgehead atoms. The van der Waals surface area contributed by atoms with Crippen LogP contribution in [0.25, 0.3) is 0 Å². The minimum absolute atomic E-state index is 0.440. The van der Waals surface area contributed by atoms with Crippen molar-refractivity contribution in [2.24, 2.45) is 0 Å². The third kappa shape index (κ3) is 4.36. The first-order valence-corrected chi connectivity index (χ1v) is 5.91. The summed E-state index contributed by atoms with van der Waals surface area (Å²) in [6.45, 7) is 6.64. The van der Waals surface area contributed by atoms with E-state index in [1.54, 1.807) is 20.0 Å². The molecule has 1 rings (SSSR count). The van der Waals surface area contributed by atoms with Crippen LogP contribution in [0.1, 0.15) is 20.8 Å². The van der Waals surface area contributed by atoms with E-state index in [-0.39, 0.29) is 0 Å². The highest BCUT2D eigenvalue weighted by Crippen LogP contribution is 2.23. The van der Waals surface area contributed by atoms with Crippen LogP contribution >= 0.6 is 11.6 Å². The smallest absolute Gasteiger partial charge is 0.224 e. The standard InChI is InChI=1S/C11H19ClN4O/c1-5-13-10-14-6-8(12)9(15-10)16(4)7-11(2,3)17/h6,17H,5,7H2,1-4H3,(H,13,14,15). The Hall–Kier alpha value is -1.07. The summed E-state index contributed by atoms with van der Waals surface area (Å²) in [6.07, 6.45) is 1.56. The second kappa shape index (κ2) is 5.51. The molecule has 0 spiro atoms. The van der Waals surface area contributed by atoms with Gasteiger partial charge in [-0.1, -0.05) is 11.6 Å². The predicted molar refractivity (Wildman–Crippen MR) is 70.8 cm³/mol. The Bertz CT molecular complexity index is 378. The summed E-state index contributed by atoms with van der Waals surface area (Å²) in [5.41, 5.74) is -0.804. The van der Waals surface area contributed by atoms with E-state index in [1.165, 1.54) is 0 Å². The fourth-order valence-electron chi connectivity index (χ4n) is 1.52. The first-order chi connectivity index (χ1) is 7.83. The highest BCUT2D eigenvalue weighted by Gasteiger charge is 2.19. The molecule has 2 N–H and O–H groups in total. The quantitative estimate of drug-likeness (QED) is 0.843. The molecule has 0 unspecified atom stereocenters. The number of hydrogen-bond donors (Lipinski definition) is 2. The molecule has 0 saturated carbocycles. The number of halogens is 1. The number of hydrogen-bond acceptors (Lipinski definition) is 5. The minimum atomic E-state index is -0.804. The van der Waals surface area contributed by atoms with Gasteiger partial charge in [0.25, 0.3) is 0 Å². The van der Waals surface area contributed by atoms with Gasteiger partial charge in [-0.05, 0) is 20.8 Å². The zero-order chi connectivity index (χ0) is 13.1. The molecule has 0 radical (unpaired) electrons. The molecule has 1 heterocycles. The van der Waals surface area contributed by atoms with Gasteiger partial charge < -0.3 is 15.3 Å². The zero-order valence-electron chi connectivity index (χ0n) is 10.7. The Balaban J connectivity index is 2.91. The summed E-state index contributed by atoms with van der Waals surface area (Å²) in [5, 5.41) is 13.3. The van der Waals surface area contributed by atoms with Crippen molar-refractivity contribution in [2.75, 3.05) is 30.4 Å². The van der Waals surface area contributed by atoms with Crippen molar-refractivity contribution < 1.29 is 5.11 Å². The van der Waals surface area contributed by atoms with E-state index in [2.05, 4.69) is 15.3 Å². The SMILES string of the molecule is CCNc1ncc(Cl)c(N(C)CC(C)(C)O)n1. The number of nitrogens with zero attached hydrogens (tertiary/aromatic N) is 3. The number of aliphatic hydroxyl groups is 1. The van der Waals surface area contributed by atoms with Gasteiger partial charge in [-0.2, -0.15) is 4.98 Å². The van der Waals surface area contributed by atoms with Crippen LogP contribution in [-0.2, 0) is 0 Å². The molecule has 1 aromatic rings. The van der Waals surface area contributed by atoms with Crippen LogP contribution in [0, 0.1) is 0 Å². The van der Waals surface area contributed by atoms with E-state index in [0.717, 1.165) is 6.54 Å². The molecule has 0 aromatic carbocycles. The van der Waals surface area contributed by atoms with Gasteiger partial charge in [-0.3, -0.25) is 0 Å². The normalized spacial score (nSPS) is 11.4. The molecule has 0 amide bonds. The molecule has 0 aliphatic heterocycles. The van der Waals surface area contributed by atoms with Crippen LogP contribution in [0.5, 0.6) is 0 Å². The molecule has 96 valence electrons. The van der Waals surface area contributed by atoms with Crippen molar-refractivity contribution in [2.45, 2.75) is 26.4 Å². The van der Waals surface area contributed by atoms with Gasteiger partial charge in [0.1, 0.15) is 5.02 Å². The van der Waals surface area contributed by atoms with Crippen LogP contribution in [0.3, 0.4) is 0 Å². The van der Waals surface area contributed by atoms with Gasteiger partial charge in [0.05, 0.1) is 11.8 Å². The van der Waals surface area contributed by atoms with Gasteiger partial charge in [0.2, 0.25) is 5.95 Å². The average molecular weight is 259 g/mol. The lowest BCUT2D eigenvalue weighted by Crippen LogP contribution is -2.36. The lowest BCUT2D eigenvalue weighted by atomic mass is 10.1. The van der Waals surface area contributed by atoms with Gasteiger partial charge in [-0.15, -0.1) is 0 Å². The van der Waals surface area contributed by atoms with Crippen LogP contribution in [-0.4, -0.2) is 40.8 Å². The molecular weight excluding hydrogens is 240 g/mol. The third-order valence-electron chi connectivity index (χ3n) is 2.05. The monoisotopic (exact) mass is 258 g/mol. The first-order valence-electron chi connectivity index (χ1n) is 5.53. The van der Waals surface area contributed by atoms with E-state index in [1.807, 2.05) is 18.9 Å². The fourth-order valence-corrected chi connectivity index (χ4v) is 1.76. The zero-order valence-corrected chi connectivity index (χ0v) is 11.4. The molecule has 5 nitrogen and oxygen atoms in total. The maximum absolute atomic E-state index is 9.77. The van der Waals surface area contributed by atoms with E-state index < -0.39 is 5.60 Å². The van der Waals surface area contributed by atoms with Crippen molar-refractivity contribution in [1.82, 2.24) is 9.97 Å². The van der Waals surface area contributed by atoms with E-state index in [9.17, 15) is 5.11 Å².